The first-order valence-electron chi connectivity index (χ1n) is 24.4. The highest BCUT2D eigenvalue weighted by Gasteiger charge is 2.69. The number of benzene rings is 3. The number of phenolic OH excluding ortho intramolecular Hbond substituents is 3. The molecule has 4 aromatic rings. The van der Waals surface area contributed by atoms with Crippen molar-refractivity contribution >= 4 is 23.6 Å². The number of ether oxygens (including phenoxy) is 2. The topological polar surface area (TPSA) is 287 Å². The van der Waals surface area contributed by atoms with Gasteiger partial charge in [-0.1, -0.05) is 55.9 Å². The normalized spacial score (nSPS) is 32.2. The zero-order chi connectivity index (χ0) is 49.3. The fraction of sp³-hybridized carbons (Fsp3) is 0.491. The van der Waals surface area contributed by atoms with Gasteiger partial charge in [0.15, 0.2) is 23.1 Å². The van der Waals surface area contributed by atoms with E-state index in [4.69, 9.17) is 9.47 Å². The zero-order valence-corrected chi connectivity index (χ0v) is 38.7. The predicted molar refractivity (Wildman–Crippen MR) is 252 cm³/mol. The molecule has 0 bridgehead atoms. The molecule has 2 aliphatic heterocycles. The summed E-state index contributed by atoms with van der Waals surface area (Å²) in [5, 5.41) is 112. The van der Waals surface area contributed by atoms with Gasteiger partial charge in [0.25, 0.3) is 5.91 Å². The van der Waals surface area contributed by atoms with Gasteiger partial charge < -0.3 is 65.5 Å². The van der Waals surface area contributed by atoms with Crippen molar-refractivity contribution in [3.8, 4) is 23.0 Å². The smallest absolute Gasteiger partial charge is 0.355 e. The van der Waals surface area contributed by atoms with E-state index in [0.717, 1.165) is 72.2 Å². The molecular formula is C53H61N3O14. The van der Waals surface area contributed by atoms with E-state index >= 15 is 4.79 Å². The Morgan fingerprint density at radius 2 is 1.69 bits per heavy atom. The minimum Gasteiger partial charge on any atom is -0.508 e. The van der Waals surface area contributed by atoms with Crippen LogP contribution < -0.4 is 9.64 Å². The molecule has 2 saturated carbocycles. The van der Waals surface area contributed by atoms with Crippen LogP contribution in [0.1, 0.15) is 116 Å². The van der Waals surface area contributed by atoms with Crippen molar-refractivity contribution in [1.29, 1.82) is 0 Å². The van der Waals surface area contributed by atoms with Crippen LogP contribution in [0.15, 0.2) is 78.8 Å². The van der Waals surface area contributed by atoms with Gasteiger partial charge in [0.2, 0.25) is 0 Å². The zero-order valence-electron chi connectivity index (χ0n) is 38.7. The van der Waals surface area contributed by atoms with Crippen LogP contribution in [-0.2, 0) is 32.6 Å². The lowest BCUT2D eigenvalue weighted by Crippen LogP contribution is -2.67. The van der Waals surface area contributed by atoms with Crippen molar-refractivity contribution in [2.24, 2.45) is 11.8 Å². The van der Waals surface area contributed by atoms with Crippen LogP contribution in [0.25, 0.3) is 6.08 Å². The van der Waals surface area contributed by atoms with Crippen LogP contribution in [0.4, 0.5) is 5.69 Å². The van der Waals surface area contributed by atoms with E-state index in [9.17, 15) is 55.9 Å². The molecule has 0 spiro atoms. The van der Waals surface area contributed by atoms with Gasteiger partial charge in [-0.05, 0) is 110 Å². The molecule has 10 atom stereocenters. The Morgan fingerprint density at radius 1 is 0.900 bits per heavy atom. The van der Waals surface area contributed by atoms with Crippen LogP contribution in [0.3, 0.4) is 0 Å². The number of aromatic amines is 1. The van der Waals surface area contributed by atoms with Crippen LogP contribution in [0, 0.1) is 11.8 Å². The fourth-order valence-electron chi connectivity index (χ4n) is 13.4. The maximum absolute atomic E-state index is 15.4. The van der Waals surface area contributed by atoms with E-state index in [1.165, 1.54) is 36.7 Å². The number of aromatic nitrogens is 2. The van der Waals surface area contributed by atoms with E-state index in [2.05, 4.69) is 9.97 Å². The van der Waals surface area contributed by atoms with Gasteiger partial charge in [-0.3, -0.25) is 9.69 Å². The number of amides is 1. The first-order valence-corrected chi connectivity index (χ1v) is 24.4. The maximum atomic E-state index is 15.4. The molecule has 17 nitrogen and oxygen atoms in total. The van der Waals surface area contributed by atoms with Crippen molar-refractivity contribution in [2.75, 3.05) is 11.5 Å². The number of carboxylic acid groups (broad SMARTS) is 1. The molecule has 11 N–H and O–H groups in total. The molecule has 3 fully saturated rings. The van der Waals surface area contributed by atoms with Crippen molar-refractivity contribution < 1.29 is 70.1 Å². The Balaban J connectivity index is 1.16. The molecule has 10 unspecified atom stereocenters. The average molecular weight is 964 g/mol. The van der Waals surface area contributed by atoms with Gasteiger partial charge in [0.05, 0.1) is 24.2 Å². The highest BCUT2D eigenvalue weighted by atomic mass is 16.8. The fourth-order valence-corrected chi connectivity index (χ4v) is 13.4. The molecule has 1 aromatic heterocycles. The van der Waals surface area contributed by atoms with Crippen molar-refractivity contribution in [1.82, 2.24) is 9.97 Å². The largest absolute Gasteiger partial charge is 0.508 e. The van der Waals surface area contributed by atoms with E-state index in [0.29, 0.717) is 56.1 Å². The summed E-state index contributed by atoms with van der Waals surface area (Å²) in [6.45, 7) is -0.912. The molecule has 6 aliphatic rings. The number of aliphatic hydroxyl groups excluding tert-OH is 4. The molecule has 1 saturated heterocycles. The van der Waals surface area contributed by atoms with Crippen LogP contribution in [-0.4, -0.2) is 121 Å². The molecule has 17 heteroatoms. The molecule has 10 rings (SSSR count). The van der Waals surface area contributed by atoms with Gasteiger partial charge in [0.1, 0.15) is 29.8 Å². The third kappa shape index (κ3) is 7.77. The summed E-state index contributed by atoms with van der Waals surface area (Å²) in [6, 6.07) is 12.7. The number of fused-ring (bicyclic) bond motifs is 6. The lowest BCUT2D eigenvalue weighted by molar-refractivity contribution is -0.422. The number of hydrogen-bond acceptors (Lipinski definition) is 14. The average Bonchev–Trinajstić information content (AvgIpc) is 4.06. The second-order valence-corrected chi connectivity index (χ2v) is 20.4. The third-order valence-electron chi connectivity index (χ3n) is 16.6. The number of aromatic hydroxyl groups is 3. The number of anilines is 1. The molecule has 70 heavy (non-hydrogen) atoms. The van der Waals surface area contributed by atoms with Gasteiger partial charge in [-0.15, -0.1) is 0 Å². The van der Waals surface area contributed by atoms with E-state index in [1.807, 2.05) is 12.1 Å². The molecule has 372 valence electrons. The Kier molecular flexibility index (Phi) is 12.4. The SMILES string of the molecule is O=C(C=Cc1ccc(O)c(Cc2cnc[nH]2)c1)N1c2cc(OC3(O)OC(CO)C(O)C(O)C3O)c(O)cc2C2C(C34CCCCC3CCc3cccc(O)c34)C(CCC3(O)CCCCC3)=CC21C(=O)O. The molecule has 3 heterocycles. The Morgan fingerprint density at radius 3 is 2.43 bits per heavy atom. The van der Waals surface area contributed by atoms with Crippen molar-refractivity contribution in [3.05, 3.63) is 112 Å². The minimum absolute atomic E-state index is 0.0101. The number of carboxylic acids is 1. The standard InChI is InChI=1S/C53H61N3O14/c57-27-41-46(62)47(63)48(64)53(68,70-41)69-40-24-36-35(23-39(40)60)45-44(51-19-5-2-8-33(51)13-12-30-7-6-9-38(59)43(30)51)31(16-20-50(67)17-3-1-4-18-50)25-52(45,49(65)66)56(36)42(61)15-11-29-10-14-37(58)32(21-29)22-34-26-54-28-55-34/h6-7,9-11,14-15,21,23-26,28,33,41,44-48,57-60,62-64,67-68H,1-5,8,12-13,16-20,22,27H2,(H,54,55)(H,65,66). The monoisotopic (exact) mass is 963 g/mol. The van der Waals surface area contributed by atoms with Crippen LogP contribution in [0.5, 0.6) is 23.0 Å². The Hall–Kier alpha value is -5.79. The van der Waals surface area contributed by atoms with Gasteiger partial charge in [-0.25, -0.2) is 9.78 Å². The molecule has 0 radical (unpaired) electrons. The van der Waals surface area contributed by atoms with Gasteiger partial charge in [0, 0.05) is 58.8 Å². The summed E-state index contributed by atoms with van der Waals surface area (Å²) >= 11 is 0. The minimum atomic E-state index is -3.18. The summed E-state index contributed by atoms with van der Waals surface area (Å²) in [4.78, 5) is 38.3. The number of nitrogens with one attached hydrogen (secondary N) is 1. The number of rotatable bonds is 12. The molecular weight excluding hydrogens is 903 g/mol. The third-order valence-corrected chi connectivity index (χ3v) is 16.6. The van der Waals surface area contributed by atoms with Gasteiger partial charge in [-0.2, -0.15) is 0 Å². The lowest BCUT2D eigenvalue weighted by Gasteiger charge is -2.55. The first-order chi connectivity index (χ1) is 33.5. The number of nitrogens with zero attached hydrogens (tertiary/aromatic N) is 2. The number of phenols is 3. The number of aliphatic carboxylic acids is 1. The number of imidazole rings is 1. The number of hydrogen-bond donors (Lipinski definition) is 11. The number of allylic oxidation sites excluding steroid dienone is 1. The summed E-state index contributed by atoms with van der Waals surface area (Å²) in [5.41, 5.74) is 0.338. The number of carbonyl (C=O) groups is 2. The van der Waals surface area contributed by atoms with Crippen LogP contribution in [0.2, 0.25) is 0 Å². The molecule has 3 aromatic carbocycles. The Bertz CT molecular complexity index is 2720. The predicted octanol–water partition coefficient (Wildman–Crippen LogP) is 4.69. The molecule has 1 amide bonds. The van der Waals surface area contributed by atoms with E-state index in [1.54, 1.807) is 30.5 Å². The highest BCUT2D eigenvalue weighted by molar-refractivity contribution is 6.13. The summed E-state index contributed by atoms with van der Waals surface area (Å²) in [6.07, 6.45) is 8.93. The summed E-state index contributed by atoms with van der Waals surface area (Å²) in [5.74, 6) is -8.34. The summed E-state index contributed by atoms with van der Waals surface area (Å²) in [7, 11) is 0. The second kappa shape index (κ2) is 18.1. The highest BCUT2D eigenvalue weighted by Crippen LogP contribution is 2.69. The lowest BCUT2D eigenvalue weighted by atomic mass is 9.48. The first kappa shape index (κ1) is 47.9. The number of aryl methyl sites for hydroxylation is 1. The Labute approximate surface area is 404 Å². The maximum Gasteiger partial charge on any atom is 0.355 e. The van der Waals surface area contributed by atoms with E-state index in [-0.39, 0.29) is 28.7 Å². The van der Waals surface area contributed by atoms with Crippen molar-refractivity contribution in [3.63, 3.8) is 0 Å². The number of carbonyl (C=O) groups excluding carboxylic acids is 1. The quantitative estimate of drug-likeness (QED) is 0.0522. The van der Waals surface area contributed by atoms with Crippen LogP contribution >= 0.6 is 0 Å². The van der Waals surface area contributed by atoms with Gasteiger partial charge >= 0.3 is 11.9 Å². The number of aliphatic hydroxyl groups is 6. The molecule has 4 aliphatic carbocycles. The summed E-state index contributed by atoms with van der Waals surface area (Å²) < 4.78 is 11.2. The second-order valence-electron chi connectivity index (χ2n) is 20.4. The van der Waals surface area contributed by atoms with Crippen molar-refractivity contribution in [2.45, 2.75) is 143 Å². The number of H-pyrrole nitrogens is 1. The van der Waals surface area contributed by atoms with E-state index < -0.39 is 88.8 Å².